The van der Waals surface area contributed by atoms with E-state index in [1.54, 1.807) is 0 Å². The van der Waals surface area contributed by atoms with Crippen molar-refractivity contribution in [2.24, 2.45) is 0 Å². The molecule has 1 fully saturated rings. The summed E-state index contributed by atoms with van der Waals surface area (Å²) in [6.45, 7) is 1.54. The fourth-order valence-electron chi connectivity index (χ4n) is 1.66. The van der Waals surface area contributed by atoms with Gasteiger partial charge >= 0.3 is 0 Å². The van der Waals surface area contributed by atoms with E-state index in [0.29, 0.717) is 13.0 Å². The van der Waals surface area contributed by atoms with Crippen molar-refractivity contribution in [1.82, 2.24) is 5.32 Å². The summed E-state index contributed by atoms with van der Waals surface area (Å²) in [5, 5.41) is 3.91. The van der Waals surface area contributed by atoms with E-state index in [-0.39, 0.29) is 12.0 Å². The number of alkyl halides is 1. The molecule has 1 heterocycles. The van der Waals surface area contributed by atoms with Crippen LogP contribution in [0.1, 0.15) is 38.5 Å². The molecule has 0 bridgehead atoms. The summed E-state index contributed by atoms with van der Waals surface area (Å²) < 4.78 is 5.53. The molecule has 0 radical (unpaired) electrons. The van der Waals surface area contributed by atoms with Crippen molar-refractivity contribution in [3.05, 3.63) is 0 Å². The van der Waals surface area contributed by atoms with Gasteiger partial charge in [-0.1, -0.05) is 15.9 Å². The lowest BCUT2D eigenvalue weighted by atomic mass is 10.1. The molecule has 1 unspecified atom stereocenters. The van der Waals surface area contributed by atoms with E-state index in [1.807, 2.05) is 0 Å². The third-order valence-electron chi connectivity index (χ3n) is 2.59. The van der Waals surface area contributed by atoms with E-state index >= 15 is 0 Å². The number of hydrogen-bond donors (Lipinski definition) is 1. The molecule has 0 aromatic heterocycles. The second-order valence-corrected chi connectivity index (χ2v) is 4.73. The molecule has 0 aliphatic carbocycles. The van der Waals surface area contributed by atoms with E-state index in [9.17, 15) is 4.79 Å². The zero-order valence-electron chi connectivity index (χ0n) is 9.14. The summed E-state index contributed by atoms with van der Waals surface area (Å²) >= 11 is 3.35. The molecule has 0 spiro atoms. The molecule has 0 saturated carbocycles. The molecular formula is C11H20BrNO2. The van der Waals surface area contributed by atoms with Gasteiger partial charge in [-0.05, 0) is 32.1 Å². The van der Waals surface area contributed by atoms with Gasteiger partial charge in [0.15, 0.2) is 0 Å². The number of rotatable bonds is 6. The monoisotopic (exact) mass is 277 g/mol. The number of hydrogen-bond acceptors (Lipinski definition) is 2. The molecule has 1 aliphatic heterocycles. The Labute approximate surface area is 100 Å². The minimum atomic E-state index is 0.158. The Kier molecular flexibility index (Phi) is 7.01. The van der Waals surface area contributed by atoms with E-state index < -0.39 is 0 Å². The van der Waals surface area contributed by atoms with E-state index in [4.69, 9.17) is 4.74 Å². The summed E-state index contributed by atoms with van der Waals surface area (Å²) in [4.78, 5) is 11.4. The first kappa shape index (κ1) is 13.0. The second kappa shape index (κ2) is 8.11. The molecule has 88 valence electrons. The minimum absolute atomic E-state index is 0.158. The van der Waals surface area contributed by atoms with Gasteiger partial charge in [-0.2, -0.15) is 0 Å². The SMILES string of the molecule is O=C(CCCCBr)NCC1CCCCO1. The van der Waals surface area contributed by atoms with Gasteiger partial charge < -0.3 is 10.1 Å². The first-order chi connectivity index (χ1) is 7.33. The average molecular weight is 278 g/mol. The Morgan fingerprint density at radius 1 is 1.40 bits per heavy atom. The van der Waals surface area contributed by atoms with Crippen LogP contribution < -0.4 is 5.32 Å². The number of ether oxygens (including phenoxy) is 1. The van der Waals surface area contributed by atoms with Gasteiger partial charge in [-0.25, -0.2) is 0 Å². The average Bonchev–Trinajstić information content (AvgIpc) is 2.28. The normalized spacial score (nSPS) is 21.3. The standard InChI is InChI=1S/C11H20BrNO2/c12-7-3-1-6-11(14)13-9-10-5-2-4-8-15-10/h10H,1-9H2,(H,13,14). The van der Waals surface area contributed by atoms with Gasteiger partial charge in [0.05, 0.1) is 6.10 Å². The van der Waals surface area contributed by atoms with Crippen LogP contribution >= 0.6 is 15.9 Å². The second-order valence-electron chi connectivity index (χ2n) is 3.94. The summed E-state index contributed by atoms with van der Waals surface area (Å²) in [6.07, 6.45) is 6.38. The van der Waals surface area contributed by atoms with Gasteiger partial charge in [0, 0.05) is 24.9 Å². The number of unbranched alkanes of at least 4 members (excludes halogenated alkanes) is 1. The summed E-state index contributed by atoms with van der Waals surface area (Å²) in [5.74, 6) is 0.158. The van der Waals surface area contributed by atoms with Crippen LogP contribution in [0.3, 0.4) is 0 Å². The lowest BCUT2D eigenvalue weighted by Crippen LogP contribution is -2.35. The molecule has 1 aliphatic rings. The van der Waals surface area contributed by atoms with Crippen LogP contribution in [-0.2, 0) is 9.53 Å². The Bertz CT molecular complexity index is 181. The quantitative estimate of drug-likeness (QED) is 0.597. The molecule has 15 heavy (non-hydrogen) atoms. The Morgan fingerprint density at radius 2 is 2.27 bits per heavy atom. The number of halogens is 1. The van der Waals surface area contributed by atoms with Crippen molar-refractivity contribution in [3.8, 4) is 0 Å². The third kappa shape index (κ3) is 6.15. The van der Waals surface area contributed by atoms with Crippen LogP contribution in [0.15, 0.2) is 0 Å². The number of carbonyl (C=O) groups is 1. The molecule has 0 aromatic rings. The number of nitrogens with one attached hydrogen (secondary N) is 1. The molecule has 1 amide bonds. The highest BCUT2D eigenvalue weighted by atomic mass is 79.9. The third-order valence-corrected chi connectivity index (χ3v) is 3.15. The lowest BCUT2D eigenvalue weighted by molar-refractivity contribution is -0.122. The topological polar surface area (TPSA) is 38.3 Å². The van der Waals surface area contributed by atoms with Crippen LogP contribution in [0.2, 0.25) is 0 Å². The van der Waals surface area contributed by atoms with Gasteiger partial charge in [0.1, 0.15) is 0 Å². The number of amides is 1. The molecule has 0 aromatic carbocycles. The van der Waals surface area contributed by atoms with Crippen molar-refractivity contribution in [2.45, 2.75) is 44.6 Å². The van der Waals surface area contributed by atoms with Crippen molar-refractivity contribution in [1.29, 1.82) is 0 Å². The Morgan fingerprint density at radius 3 is 2.93 bits per heavy atom. The predicted octanol–water partition coefficient (Wildman–Crippen LogP) is 2.24. The maximum atomic E-state index is 11.4. The van der Waals surface area contributed by atoms with Gasteiger partial charge in [0.25, 0.3) is 0 Å². The number of carbonyl (C=O) groups excluding carboxylic acids is 1. The van der Waals surface area contributed by atoms with Crippen LogP contribution in [0.5, 0.6) is 0 Å². The van der Waals surface area contributed by atoms with Crippen LogP contribution in [0.25, 0.3) is 0 Å². The highest BCUT2D eigenvalue weighted by Crippen LogP contribution is 2.11. The van der Waals surface area contributed by atoms with E-state index in [1.165, 1.54) is 6.42 Å². The molecule has 3 nitrogen and oxygen atoms in total. The van der Waals surface area contributed by atoms with Crippen LogP contribution in [0.4, 0.5) is 0 Å². The molecule has 1 rings (SSSR count). The smallest absolute Gasteiger partial charge is 0.220 e. The van der Waals surface area contributed by atoms with E-state index in [0.717, 1.165) is 37.6 Å². The fraction of sp³-hybridized carbons (Fsp3) is 0.909. The molecule has 1 saturated heterocycles. The maximum Gasteiger partial charge on any atom is 0.220 e. The zero-order chi connectivity index (χ0) is 10.9. The zero-order valence-corrected chi connectivity index (χ0v) is 10.7. The fourth-order valence-corrected chi connectivity index (χ4v) is 2.06. The van der Waals surface area contributed by atoms with Crippen LogP contribution in [-0.4, -0.2) is 30.5 Å². The predicted molar refractivity (Wildman–Crippen MR) is 64.2 cm³/mol. The maximum absolute atomic E-state index is 11.4. The van der Waals surface area contributed by atoms with Crippen LogP contribution in [0, 0.1) is 0 Å². The van der Waals surface area contributed by atoms with Crippen molar-refractivity contribution in [3.63, 3.8) is 0 Å². The summed E-state index contributed by atoms with van der Waals surface area (Å²) in [6, 6.07) is 0. The Balaban J connectivity index is 2.00. The highest BCUT2D eigenvalue weighted by Gasteiger charge is 2.14. The first-order valence-electron chi connectivity index (χ1n) is 5.77. The van der Waals surface area contributed by atoms with Crippen molar-refractivity contribution >= 4 is 21.8 Å². The summed E-state index contributed by atoms with van der Waals surface area (Å²) in [5.41, 5.74) is 0. The largest absolute Gasteiger partial charge is 0.376 e. The molecule has 1 atom stereocenters. The minimum Gasteiger partial charge on any atom is -0.376 e. The van der Waals surface area contributed by atoms with Gasteiger partial charge in [-0.15, -0.1) is 0 Å². The molecular weight excluding hydrogens is 258 g/mol. The van der Waals surface area contributed by atoms with Crippen molar-refractivity contribution in [2.75, 3.05) is 18.5 Å². The van der Waals surface area contributed by atoms with Gasteiger partial charge in [-0.3, -0.25) is 4.79 Å². The Hall–Kier alpha value is -0.0900. The first-order valence-corrected chi connectivity index (χ1v) is 6.89. The van der Waals surface area contributed by atoms with E-state index in [2.05, 4.69) is 21.2 Å². The van der Waals surface area contributed by atoms with Gasteiger partial charge in [0.2, 0.25) is 5.91 Å². The summed E-state index contributed by atoms with van der Waals surface area (Å²) in [7, 11) is 0. The lowest BCUT2D eigenvalue weighted by Gasteiger charge is -2.22. The highest BCUT2D eigenvalue weighted by molar-refractivity contribution is 9.09. The molecule has 4 heteroatoms. The van der Waals surface area contributed by atoms with Crippen molar-refractivity contribution < 1.29 is 9.53 Å². The molecule has 1 N–H and O–H groups in total.